The molecule has 2 aromatic rings. The Balaban J connectivity index is 1.51. The maximum absolute atomic E-state index is 12.2. The maximum Gasteiger partial charge on any atom is 0.240 e. The van der Waals surface area contributed by atoms with E-state index in [-0.39, 0.29) is 5.91 Å². The lowest BCUT2D eigenvalue weighted by Crippen LogP contribution is -2.39. The third-order valence-electron chi connectivity index (χ3n) is 3.98. The van der Waals surface area contributed by atoms with Crippen LogP contribution in [0.3, 0.4) is 0 Å². The molecule has 2 aromatic heterocycles. The molecule has 8 heteroatoms. The standard InChI is InChI=1S/C15H22N6OS/c1-2-5-14-18-19-15(23-14)17-13(22)11-20-8-3-6-12(20)10-21-9-4-7-16-21/h4,7,9,12H,2-3,5-6,8,10-11H2,1H3,(H,17,19,22). The Morgan fingerprint density at radius 1 is 1.48 bits per heavy atom. The molecule has 3 rings (SSSR count). The highest BCUT2D eigenvalue weighted by molar-refractivity contribution is 7.15. The third-order valence-corrected chi connectivity index (χ3v) is 4.88. The number of aromatic nitrogens is 4. The van der Waals surface area contributed by atoms with Crippen LogP contribution in [0.5, 0.6) is 0 Å². The largest absolute Gasteiger partial charge is 0.299 e. The van der Waals surface area contributed by atoms with Crippen molar-refractivity contribution in [3.63, 3.8) is 0 Å². The van der Waals surface area contributed by atoms with Gasteiger partial charge in [0, 0.05) is 24.9 Å². The number of likely N-dealkylation sites (tertiary alicyclic amines) is 1. The second kappa shape index (κ2) is 7.65. The van der Waals surface area contributed by atoms with E-state index in [4.69, 9.17) is 0 Å². The van der Waals surface area contributed by atoms with E-state index in [0.29, 0.717) is 17.7 Å². The van der Waals surface area contributed by atoms with Gasteiger partial charge in [-0.1, -0.05) is 18.3 Å². The average molecular weight is 334 g/mol. The van der Waals surface area contributed by atoms with Gasteiger partial charge in [0.2, 0.25) is 11.0 Å². The lowest BCUT2D eigenvalue weighted by atomic mass is 10.2. The van der Waals surface area contributed by atoms with Gasteiger partial charge in [0.1, 0.15) is 5.01 Å². The molecule has 0 radical (unpaired) electrons. The first-order chi connectivity index (χ1) is 11.2. The van der Waals surface area contributed by atoms with Crippen LogP contribution in [0.2, 0.25) is 0 Å². The number of aryl methyl sites for hydroxylation is 1. The van der Waals surface area contributed by atoms with E-state index in [2.05, 4.69) is 32.4 Å². The Bertz CT molecular complexity index is 626. The summed E-state index contributed by atoms with van der Waals surface area (Å²) in [5.74, 6) is -0.0171. The van der Waals surface area contributed by atoms with Gasteiger partial charge in [0.25, 0.3) is 0 Å². The first kappa shape index (κ1) is 16.1. The fourth-order valence-electron chi connectivity index (χ4n) is 2.90. The number of nitrogens with zero attached hydrogens (tertiary/aromatic N) is 5. The van der Waals surface area contributed by atoms with Crippen LogP contribution in [-0.4, -0.2) is 49.9 Å². The molecule has 1 aliphatic rings. The summed E-state index contributed by atoms with van der Waals surface area (Å²) in [5, 5.41) is 16.8. The summed E-state index contributed by atoms with van der Waals surface area (Å²) in [6, 6.07) is 2.29. The normalized spacial score (nSPS) is 18.4. The Labute approximate surface area is 139 Å². The van der Waals surface area contributed by atoms with Crippen molar-refractivity contribution in [3.05, 3.63) is 23.5 Å². The van der Waals surface area contributed by atoms with Crippen LogP contribution in [-0.2, 0) is 17.8 Å². The number of anilines is 1. The van der Waals surface area contributed by atoms with E-state index < -0.39 is 0 Å². The topological polar surface area (TPSA) is 75.9 Å². The van der Waals surface area contributed by atoms with Crippen molar-refractivity contribution in [3.8, 4) is 0 Å². The first-order valence-corrected chi connectivity index (χ1v) is 8.90. The van der Waals surface area contributed by atoms with Crippen molar-refractivity contribution in [1.82, 2.24) is 24.9 Å². The molecule has 7 nitrogen and oxygen atoms in total. The van der Waals surface area contributed by atoms with Crippen molar-refractivity contribution in [2.24, 2.45) is 0 Å². The number of nitrogens with one attached hydrogen (secondary N) is 1. The van der Waals surface area contributed by atoms with Crippen LogP contribution in [0.25, 0.3) is 0 Å². The monoisotopic (exact) mass is 334 g/mol. The van der Waals surface area contributed by atoms with E-state index >= 15 is 0 Å². The van der Waals surface area contributed by atoms with Crippen molar-refractivity contribution in [1.29, 1.82) is 0 Å². The molecular formula is C15H22N6OS. The molecule has 0 saturated carbocycles. The van der Waals surface area contributed by atoms with Gasteiger partial charge >= 0.3 is 0 Å². The predicted octanol–water partition coefficient (Wildman–Crippen LogP) is 1.79. The van der Waals surface area contributed by atoms with E-state index in [0.717, 1.165) is 43.8 Å². The summed E-state index contributed by atoms with van der Waals surface area (Å²) >= 11 is 1.46. The highest BCUT2D eigenvalue weighted by Gasteiger charge is 2.26. The number of carbonyl (C=O) groups excluding carboxylic acids is 1. The Morgan fingerprint density at radius 3 is 3.17 bits per heavy atom. The molecular weight excluding hydrogens is 312 g/mol. The third kappa shape index (κ3) is 4.35. The quantitative estimate of drug-likeness (QED) is 0.835. The minimum atomic E-state index is -0.0171. The Morgan fingerprint density at radius 2 is 2.39 bits per heavy atom. The van der Waals surface area contributed by atoms with Gasteiger partial charge in [-0.05, 0) is 31.9 Å². The van der Waals surface area contributed by atoms with Gasteiger partial charge in [-0.15, -0.1) is 10.2 Å². The summed E-state index contributed by atoms with van der Waals surface area (Å²) in [5.41, 5.74) is 0. The van der Waals surface area contributed by atoms with Crippen LogP contribution in [0.15, 0.2) is 18.5 Å². The predicted molar refractivity (Wildman–Crippen MR) is 89.4 cm³/mol. The molecule has 1 aliphatic heterocycles. The molecule has 1 fully saturated rings. The van der Waals surface area contributed by atoms with Gasteiger partial charge in [-0.3, -0.25) is 19.7 Å². The van der Waals surface area contributed by atoms with Crippen molar-refractivity contribution >= 4 is 22.4 Å². The number of carbonyl (C=O) groups is 1. The van der Waals surface area contributed by atoms with Crippen molar-refractivity contribution in [2.75, 3.05) is 18.4 Å². The van der Waals surface area contributed by atoms with Gasteiger partial charge in [0.15, 0.2) is 0 Å². The smallest absolute Gasteiger partial charge is 0.240 e. The number of amides is 1. The SMILES string of the molecule is CCCc1nnc(NC(=O)CN2CCCC2Cn2cccn2)s1. The summed E-state index contributed by atoms with van der Waals surface area (Å²) in [6.45, 7) is 4.29. The van der Waals surface area contributed by atoms with Crippen LogP contribution < -0.4 is 5.32 Å². The van der Waals surface area contributed by atoms with Crippen LogP contribution in [0, 0.1) is 0 Å². The van der Waals surface area contributed by atoms with Crippen LogP contribution in [0.4, 0.5) is 5.13 Å². The van der Waals surface area contributed by atoms with E-state index in [1.807, 2.05) is 16.9 Å². The van der Waals surface area contributed by atoms with Crippen molar-refractivity contribution < 1.29 is 4.79 Å². The second-order valence-corrected chi connectivity index (χ2v) is 6.86. The van der Waals surface area contributed by atoms with E-state index in [9.17, 15) is 4.79 Å². The second-order valence-electron chi connectivity index (χ2n) is 5.79. The molecule has 0 spiro atoms. The number of rotatable bonds is 7. The number of hydrogen-bond donors (Lipinski definition) is 1. The summed E-state index contributed by atoms with van der Waals surface area (Å²) in [4.78, 5) is 14.5. The molecule has 3 heterocycles. The Hall–Kier alpha value is -1.80. The van der Waals surface area contributed by atoms with Crippen molar-refractivity contribution in [2.45, 2.75) is 45.2 Å². The average Bonchev–Trinajstić information content (AvgIpc) is 3.25. The molecule has 124 valence electrons. The first-order valence-electron chi connectivity index (χ1n) is 8.08. The van der Waals surface area contributed by atoms with Gasteiger partial charge in [0.05, 0.1) is 13.1 Å². The summed E-state index contributed by atoms with van der Waals surface area (Å²) < 4.78 is 1.93. The minimum absolute atomic E-state index is 0.0171. The zero-order valence-electron chi connectivity index (χ0n) is 13.3. The van der Waals surface area contributed by atoms with Crippen LogP contribution in [0.1, 0.15) is 31.2 Å². The molecule has 0 aromatic carbocycles. The fourth-order valence-corrected chi connectivity index (χ4v) is 3.75. The molecule has 1 atom stereocenters. The minimum Gasteiger partial charge on any atom is -0.299 e. The molecule has 23 heavy (non-hydrogen) atoms. The van der Waals surface area contributed by atoms with Crippen LogP contribution >= 0.6 is 11.3 Å². The maximum atomic E-state index is 12.2. The highest BCUT2D eigenvalue weighted by atomic mass is 32.1. The molecule has 1 amide bonds. The molecule has 1 saturated heterocycles. The Kier molecular flexibility index (Phi) is 5.35. The highest BCUT2D eigenvalue weighted by Crippen LogP contribution is 2.20. The molecule has 1 N–H and O–H groups in total. The van der Waals surface area contributed by atoms with Gasteiger partial charge in [-0.25, -0.2) is 0 Å². The number of hydrogen-bond acceptors (Lipinski definition) is 6. The fraction of sp³-hybridized carbons (Fsp3) is 0.600. The molecule has 0 aliphatic carbocycles. The van der Waals surface area contributed by atoms with E-state index in [1.165, 1.54) is 11.3 Å². The zero-order chi connectivity index (χ0) is 16.1. The summed E-state index contributed by atoms with van der Waals surface area (Å²) in [6.07, 6.45) is 7.92. The van der Waals surface area contributed by atoms with Gasteiger partial charge in [-0.2, -0.15) is 5.10 Å². The lowest BCUT2D eigenvalue weighted by molar-refractivity contribution is -0.117. The van der Waals surface area contributed by atoms with E-state index in [1.54, 1.807) is 6.20 Å². The zero-order valence-corrected chi connectivity index (χ0v) is 14.1. The van der Waals surface area contributed by atoms with Gasteiger partial charge < -0.3 is 0 Å². The molecule has 0 bridgehead atoms. The lowest BCUT2D eigenvalue weighted by Gasteiger charge is -2.23. The summed E-state index contributed by atoms with van der Waals surface area (Å²) in [7, 11) is 0. The molecule has 1 unspecified atom stereocenters.